The summed E-state index contributed by atoms with van der Waals surface area (Å²) < 4.78 is 0. The van der Waals surface area contributed by atoms with Crippen molar-refractivity contribution in [3.05, 3.63) is 12.7 Å². The average molecular weight is 240 g/mol. The molecule has 2 atom stereocenters. The van der Waals surface area contributed by atoms with Crippen LogP contribution in [0.2, 0.25) is 0 Å². The molecule has 17 heavy (non-hydrogen) atoms. The minimum Gasteiger partial charge on any atom is -0.480 e. The fourth-order valence-corrected chi connectivity index (χ4v) is 2.03. The molecule has 5 nitrogen and oxygen atoms in total. The third-order valence-corrected chi connectivity index (χ3v) is 2.94. The van der Waals surface area contributed by atoms with Crippen LogP contribution in [0.5, 0.6) is 0 Å². The van der Waals surface area contributed by atoms with Gasteiger partial charge in [-0.1, -0.05) is 6.08 Å². The maximum absolute atomic E-state index is 11.9. The summed E-state index contributed by atoms with van der Waals surface area (Å²) in [5, 5.41) is 11.8. The first kappa shape index (κ1) is 13.5. The van der Waals surface area contributed by atoms with Crippen molar-refractivity contribution < 1.29 is 14.7 Å². The maximum atomic E-state index is 11.9. The molecule has 0 aliphatic carbocycles. The fourth-order valence-electron chi connectivity index (χ4n) is 2.03. The van der Waals surface area contributed by atoms with Gasteiger partial charge in [-0.15, -0.1) is 6.58 Å². The van der Waals surface area contributed by atoms with Crippen LogP contribution in [0, 0.1) is 0 Å². The summed E-state index contributed by atoms with van der Waals surface area (Å²) in [6.45, 7) is 6.00. The molecule has 2 unspecified atom stereocenters. The number of amides is 2. The topological polar surface area (TPSA) is 69.6 Å². The molecule has 0 aromatic rings. The van der Waals surface area contributed by atoms with E-state index in [4.69, 9.17) is 5.11 Å². The molecular weight excluding hydrogens is 220 g/mol. The van der Waals surface area contributed by atoms with E-state index in [9.17, 15) is 9.59 Å². The predicted molar refractivity (Wildman–Crippen MR) is 64.8 cm³/mol. The Morgan fingerprint density at radius 3 is 2.88 bits per heavy atom. The van der Waals surface area contributed by atoms with Gasteiger partial charge in [0.15, 0.2) is 0 Å². The van der Waals surface area contributed by atoms with Crippen LogP contribution in [0.1, 0.15) is 32.6 Å². The average Bonchev–Trinajstić information content (AvgIpc) is 2.29. The van der Waals surface area contributed by atoms with Crippen molar-refractivity contribution in [3.63, 3.8) is 0 Å². The number of rotatable bonds is 4. The second-order valence-corrected chi connectivity index (χ2v) is 4.42. The molecule has 2 amide bonds. The minimum atomic E-state index is -0.920. The molecule has 0 aromatic heterocycles. The zero-order valence-corrected chi connectivity index (χ0v) is 10.2. The van der Waals surface area contributed by atoms with E-state index in [0.717, 1.165) is 12.8 Å². The van der Waals surface area contributed by atoms with Gasteiger partial charge in [0.1, 0.15) is 6.04 Å². The third kappa shape index (κ3) is 3.76. The van der Waals surface area contributed by atoms with Gasteiger partial charge < -0.3 is 15.3 Å². The second-order valence-electron chi connectivity index (χ2n) is 4.42. The number of likely N-dealkylation sites (tertiary alicyclic amines) is 1. The van der Waals surface area contributed by atoms with Gasteiger partial charge in [0, 0.05) is 12.6 Å². The highest BCUT2D eigenvalue weighted by Crippen LogP contribution is 2.17. The van der Waals surface area contributed by atoms with Gasteiger partial charge in [0.2, 0.25) is 0 Å². The van der Waals surface area contributed by atoms with Crippen molar-refractivity contribution in [1.29, 1.82) is 0 Å². The van der Waals surface area contributed by atoms with Crippen LogP contribution >= 0.6 is 0 Å². The van der Waals surface area contributed by atoms with E-state index in [1.54, 1.807) is 6.08 Å². The Hall–Kier alpha value is -1.52. The van der Waals surface area contributed by atoms with Crippen molar-refractivity contribution in [2.24, 2.45) is 0 Å². The molecule has 1 aliphatic rings. The highest BCUT2D eigenvalue weighted by atomic mass is 16.4. The fraction of sp³-hybridized carbons (Fsp3) is 0.667. The zero-order valence-electron chi connectivity index (χ0n) is 10.2. The number of piperidine rings is 1. The minimum absolute atomic E-state index is 0.0172. The smallest absolute Gasteiger partial charge is 0.326 e. The number of urea groups is 1. The lowest BCUT2D eigenvalue weighted by molar-refractivity contribution is -0.143. The highest BCUT2D eigenvalue weighted by Gasteiger charge is 2.32. The normalized spacial score (nSPS) is 21.7. The van der Waals surface area contributed by atoms with E-state index in [2.05, 4.69) is 11.9 Å². The Labute approximate surface area is 101 Å². The second kappa shape index (κ2) is 6.27. The molecule has 1 aliphatic heterocycles. The van der Waals surface area contributed by atoms with Gasteiger partial charge >= 0.3 is 12.0 Å². The Morgan fingerprint density at radius 1 is 1.59 bits per heavy atom. The van der Waals surface area contributed by atoms with Gasteiger partial charge in [0.05, 0.1) is 0 Å². The van der Waals surface area contributed by atoms with E-state index in [1.165, 1.54) is 4.90 Å². The Morgan fingerprint density at radius 2 is 2.29 bits per heavy atom. The van der Waals surface area contributed by atoms with Gasteiger partial charge in [-0.05, 0) is 32.6 Å². The maximum Gasteiger partial charge on any atom is 0.326 e. The summed E-state index contributed by atoms with van der Waals surface area (Å²) >= 11 is 0. The SMILES string of the molecule is C=CCC(C)NC(=O)N1CCCCC1C(=O)O. The largest absolute Gasteiger partial charge is 0.480 e. The standard InChI is InChI=1S/C12H20N2O3/c1-3-6-9(2)13-12(17)14-8-5-4-7-10(14)11(15)16/h3,9-10H,1,4-8H2,2H3,(H,13,17)(H,15,16). The summed E-state index contributed by atoms with van der Waals surface area (Å²) in [7, 11) is 0. The third-order valence-electron chi connectivity index (χ3n) is 2.94. The number of nitrogens with zero attached hydrogens (tertiary/aromatic N) is 1. The van der Waals surface area contributed by atoms with E-state index in [0.29, 0.717) is 19.4 Å². The number of hydrogen-bond acceptors (Lipinski definition) is 2. The highest BCUT2D eigenvalue weighted by molar-refractivity contribution is 5.83. The summed E-state index contributed by atoms with van der Waals surface area (Å²) in [4.78, 5) is 24.4. The van der Waals surface area contributed by atoms with Crippen LogP contribution < -0.4 is 5.32 Å². The molecule has 0 radical (unpaired) electrons. The zero-order chi connectivity index (χ0) is 12.8. The monoisotopic (exact) mass is 240 g/mol. The number of nitrogens with one attached hydrogen (secondary N) is 1. The van der Waals surface area contributed by atoms with Crippen LogP contribution in [-0.4, -0.2) is 40.6 Å². The van der Waals surface area contributed by atoms with Gasteiger partial charge in [-0.2, -0.15) is 0 Å². The van der Waals surface area contributed by atoms with Crippen molar-refractivity contribution in [1.82, 2.24) is 10.2 Å². The lowest BCUT2D eigenvalue weighted by Gasteiger charge is -2.33. The van der Waals surface area contributed by atoms with Crippen LogP contribution in [0.4, 0.5) is 4.79 Å². The van der Waals surface area contributed by atoms with E-state index < -0.39 is 12.0 Å². The molecule has 0 aromatic carbocycles. The Kier molecular flexibility index (Phi) is 5.00. The van der Waals surface area contributed by atoms with Crippen molar-refractivity contribution >= 4 is 12.0 Å². The van der Waals surface area contributed by atoms with Crippen LogP contribution in [-0.2, 0) is 4.79 Å². The van der Waals surface area contributed by atoms with E-state index in [1.807, 2.05) is 6.92 Å². The van der Waals surface area contributed by atoms with Crippen molar-refractivity contribution in [3.8, 4) is 0 Å². The Balaban J connectivity index is 2.58. The number of carbonyl (C=O) groups excluding carboxylic acids is 1. The molecule has 1 saturated heterocycles. The van der Waals surface area contributed by atoms with Crippen molar-refractivity contribution in [2.75, 3.05) is 6.54 Å². The number of carboxylic acid groups (broad SMARTS) is 1. The van der Waals surface area contributed by atoms with Gasteiger partial charge in [0.25, 0.3) is 0 Å². The molecule has 0 bridgehead atoms. The molecule has 5 heteroatoms. The molecule has 1 fully saturated rings. The summed E-state index contributed by atoms with van der Waals surface area (Å²) in [5.41, 5.74) is 0. The molecule has 96 valence electrons. The Bertz CT molecular complexity index is 304. The van der Waals surface area contributed by atoms with Gasteiger partial charge in [-0.3, -0.25) is 0 Å². The summed E-state index contributed by atoms with van der Waals surface area (Å²) in [5.74, 6) is -0.920. The first-order valence-corrected chi connectivity index (χ1v) is 5.97. The van der Waals surface area contributed by atoms with E-state index >= 15 is 0 Å². The first-order valence-electron chi connectivity index (χ1n) is 5.97. The molecular formula is C12H20N2O3. The van der Waals surface area contributed by atoms with E-state index in [-0.39, 0.29) is 12.1 Å². The quantitative estimate of drug-likeness (QED) is 0.733. The lowest BCUT2D eigenvalue weighted by Crippen LogP contribution is -2.53. The summed E-state index contributed by atoms with van der Waals surface area (Å²) in [6, 6.07) is -0.984. The summed E-state index contributed by atoms with van der Waals surface area (Å²) in [6.07, 6.45) is 4.68. The molecule has 0 saturated carbocycles. The number of hydrogen-bond donors (Lipinski definition) is 2. The number of aliphatic carboxylic acids is 1. The number of carboxylic acids is 1. The van der Waals surface area contributed by atoms with Crippen LogP contribution in [0.3, 0.4) is 0 Å². The molecule has 1 heterocycles. The molecule has 1 rings (SSSR count). The molecule has 0 spiro atoms. The predicted octanol–water partition coefficient (Wildman–Crippen LogP) is 1.60. The first-order chi connectivity index (χ1) is 8.06. The van der Waals surface area contributed by atoms with Crippen molar-refractivity contribution in [2.45, 2.75) is 44.7 Å². The number of carbonyl (C=O) groups is 2. The van der Waals surface area contributed by atoms with Gasteiger partial charge in [-0.25, -0.2) is 9.59 Å². The van der Waals surface area contributed by atoms with Crippen LogP contribution in [0.25, 0.3) is 0 Å². The molecule has 2 N–H and O–H groups in total. The lowest BCUT2D eigenvalue weighted by atomic mass is 10.0. The van der Waals surface area contributed by atoms with Crippen LogP contribution in [0.15, 0.2) is 12.7 Å².